The standard InChI is InChI=1S/C31H19ClN4/c32-31-34-29(20-9-2-1-3-10-20)33-30(35-31)23-13-8-14-24(17-23)36-27-16-7-6-15-25(27)26-18-21-11-4-5-12-22(21)19-28(26)36/h1-19H. The van der Waals surface area contributed by atoms with Crippen LogP contribution in [0.3, 0.4) is 0 Å². The molecule has 36 heavy (non-hydrogen) atoms. The first-order valence-electron chi connectivity index (χ1n) is 11.7. The highest BCUT2D eigenvalue weighted by atomic mass is 35.5. The SMILES string of the molecule is Clc1nc(-c2ccccc2)nc(-c2cccc(-n3c4ccccc4c4cc5ccccc5cc43)c2)n1. The molecule has 0 spiro atoms. The summed E-state index contributed by atoms with van der Waals surface area (Å²) in [6, 6.07) is 39.6. The first kappa shape index (κ1) is 20.8. The Morgan fingerprint density at radius 3 is 2.00 bits per heavy atom. The molecule has 2 heterocycles. The fourth-order valence-electron chi connectivity index (χ4n) is 4.91. The van der Waals surface area contributed by atoms with E-state index >= 15 is 0 Å². The molecule has 7 aromatic rings. The molecule has 0 saturated carbocycles. The van der Waals surface area contributed by atoms with Gasteiger partial charge in [-0.05, 0) is 52.7 Å². The highest BCUT2D eigenvalue weighted by molar-refractivity contribution is 6.28. The van der Waals surface area contributed by atoms with E-state index in [1.807, 2.05) is 42.5 Å². The minimum atomic E-state index is 0.174. The molecule has 0 atom stereocenters. The monoisotopic (exact) mass is 482 g/mol. The lowest BCUT2D eigenvalue weighted by molar-refractivity contribution is 1.06. The number of hydrogen-bond donors (Lipinski definition) is 0. The molecule has 4 nitrogen and oxygen atoms in total. The van der Waals surface area contributed by atoms with Crippen LogP contribution in [0.1, 0.15) is 0 Å². The lowest BCUT2D eigenvalue weighted by Crippen LogP contribution is -1.99. The molecule has 5 heteroatoms. The number of rotatable bonds is 3. The van der Waals surface area contributed by atoms with Gasteiger partial charge in [0.2, 0.25) is 5.28 Å². The van der Waals surface area contributed by atoms with Crippen molar-refractivity contribution in [1.29, 1.82) is 0 Å². The van der Waals surface area contributed by atoms with Gasteiger partial charge in [-0.2, -0.15) is 9.97 Å². The van der Waals surface area contributed by atoms with E-state index in [4.69, 9.17) is 16.6 Å². The maximum Gasteiger partial charge on any atom is 0.226 e. The molecule has 0 bridgehead atoms. The Hall–Kier alpha value is -4.54. The van der Waals surface area contributed by atoms with Crippen molar-refractivity contribution in [3.8, 4) is 28.5 Å². The van der Waals surface area contributed by atoms with Gasteiger partial charge in [0.1, 0.15) is 0 Å². The second-order valence-electron chi connectivity index (χ2n) is 8.74. The van der Waals surface area contributed by atoms with Gasteiger partial charge in [-0.25, -0.2) is 4.98 Å². The van der Waals surface area contributed by atoms with Crippen LogP contribution in [-0.2, 0) is 0 Å². The minimum Gasteiger partial charge on any atom is -0.309 e. The van der Waals surface area contributed by atoms with Gasteiger partial charge in [-0.15, -0.1) is 0 Å². The second kappa shape index (κ2) is 8.29. The molecule has 5 aromatic carbocycles. The number of para-hydroxylation sites is 1. The van der Waals surface area contributed by atoms with E-state index in [1.165, 1.54) is 21.5 Å². The molecule has 170 valence electrons. The molecule has 0 aliphatic heterocycles. The van der Waals surface area contributed by atoms with Crippen molar-refractivity contribution in [3.05, 3.63) is 121 Å². The summed E-state index contributed by atoms with van der Waals surface area (Å²) in [5.74, 6) is 1.10. The Morgan fingerprint density at radius 1 is 0.500 bits per heavy atom. The van der Waals surface area contributed by atoms with E-state index in [1.54, 1.807) is 0 Å². The molecule has 7 rings (SSSR count). The quantitative estimate of drug-likeness (QED) is 0.255. The molecule has 0 radical (unpaired) electrons. The summed E-state index contributed by atoms with van der Waals surface area (Å²) >= 11 is 6.33. The first-order chi connectivity index (χ1) is 17.7. The number of fused-ring (bicyclic) bond motifs is 4. The van der Waals surface area contributed by atoms with Crippen LogP contribution < -0.4 is 0 Å². The molecule has 0 unspecified atom stereocenters. The number of aromatic nitrogens is 4. The predicted molar refractivity (Wildman–Crippen MR) is 148 cm³/mol. The van der Waals surface area contributed by atoms with Crippen LogP contribution in [0.25, 0.3) is 61.0 Å². The number of nitrogens with zero attached hydrogens (tertiary/aromatic N) is 4. The summed E-state index contributed by atoms with van der Waals surface area (Å²) in [5, 5.41) is 5.06. The molecular weight excluding hydrogens is 464 g/mol. The Kier molecular flexibility index (Phi) is 4.79. The zero-order valence-electron chi connectivity index (χ0n) is 19.1. The van der Waals surface area contributed by atoms with Gasteiger partial charge in [0.15, 0.2) is 11.6 Å². The average molecular weight is 483 g/mol. The third kappa shape index (κ3) is 3.43. The molecule has 0 saturated heterocycles. The molecule has 0 aliphatic rings. The summed E-state index contributed by atoms with van der Waals surface area (Å²) in [4.78, 5) is 13.5. The third-order valence-corrected chi connectivity index (χ3v) is 6.71. The third-order valence-electron chi connectivity index (χ3n) is 6.54. The van der Waals surface area contributed by atoms with E-state index in [0.717, 1.165) is 27.8 Å². The summed E-state index contributed by atoms with van der Waals surface area (Å²) in [6.45, 7) is 0. The first-order valence-corrected chi connectivity index (χ1v) is 12.1. The van der Waals surface area contributed by atoms with Crippen LogP contribution in [0, 0.1) is 0 Å². The van der Waals surface area contributed by atoms with Gasteiger partial charge < -0.3 is 4.57 Å². The van der Waals surface area contributed by atoms with Gasteiger partial charge >= 0.3 is 0 Å². The van der Waals surface area contributed by atoms with Crippen LogP contribution in [0.15, 0.2) is 115 Å². The summed E-state index contributed by atoms with van der Waals surface area (Å²) in [5.41, 5.74) is 5.12. The molecule has 0 amide bonds. The molecular formula is C31H19ClN4. The predicted octanol–water partition coefficient (Wildman–Crippen LogP) is 8.11. The number of halogens is 1. The Labute approximate surface area is 212 Å². The smallest absolute Gasteiger partial charge is 0.226 e. The lowest BCUT2D eigenvalue weighted by atomic mass is 10.1. The zero-order valence-corrected chi connectivity index (χ0v) is 19.9. The average Bonchev–Trinajstić information content (AvgIpc) is 3.25. The van der Waals surface area contributed by atoms with Crippen LogP contribution in [0.4, 0.5) is 0 Å². The topological polar surface area (TPSA) is 43.6 Å². The maximum atomic E-state index is 6.33. The largest absolute Gasteiger partial charge is 0.309 e. The molecule has 0 N–H and O–H groups in total. The van der Waals surface area contributed by atoms with Gasteiger partial charge in [0.05, 0.1) is 11.0 Å². The van der Waals surface area contributed by atoms with E-state index in [-0.39, 0.29) is 5.28 Å². The van der Waals surface area contributed by atoms with E-state index in [2.05, 4.69) is 87.3 Å². The lowest BCUT2D eigenvalue weighted by Gasteiger charge is -2.11. The second-order valence-corrected chi connectivity index (χ2v) is 9.08. The van der Waals surface area contributed by atoms with Crippen molar-refractivity contribution < 1.29 is 0 Å². The highest BCUT2D eigenvalue weighted by Crippen LogP contribution is 2.35. The number of benzene rings is 5. The van der Waals surface area contributed by atoms with Crippen molar-refractivity contribution >= 4 is 44.2 Å². The maximum absolute atomic E-state index is 6.33. The van der Waals surface area contributed by atoms with Gasteiger partial charge in [0, 0.05) is 27.6 Å². The zero-order chi connectivity index (χ0) is 24.1. The van der Waals surface area contributed by atoms with Gasteiger partial charge in [-0.3, -0.25) is 0 Å². The summed E-state index contributed by atoms with van der Waals surface area (Å²) in [6.07, 6.45) is 0. The fraction of sp³-hybridized carbons (Fsp3) is 0. The van der Waals surface area contributed by atoms with Crippen LogP contribution in [0.5, 0.6) is 0 Å². The molecule has 0 fully saturated rings. The Morgan fingerprint density at radius 2 is 1.17 bits per heavy atom. The molecule has 0 aliphatic carbocycles. The Balaban J connectivity index is 1.45. The van der Waals surface area contributed by atoms with Gasteiger partial charge in [-0.1, -0.05) is 84.9 Å². The van der Waals surface area contributed by atoms with Crippen LogP contribution >= 0.6 is 11.6 Å². The van der Waals surface area contributed by atoms with Crippen LogP contribution in [-0.4, -0.2) is 19.5 Å². The van der Waals surface area contributed by atoms with Crippen molar-refractivity contribution in [1.82, 2.24) is 19.5 Å². The van der Waals surface area contributed by atoms with Crippen molar-refractivity contribution in [2.45, 2.75) is 0 Å². The summed E-state index contributed by atoms with van der Waals surface area (Å²) in [7, 11) is 0. The fourth-order valence-corrected chi connectivity index (χ4v) is 5.07. The van der Waals surface area contributed by atoms with Crippen molar-refractivity contribution in [2.75, 3.05) is 0 Å². The number of hydrogen-bond acceptors (Lipinski definition) is 3. The molecule has 2 aromatic heterocycles. The van der Waals surface area contributed by atoms with Gasteiger partial charge in [0.25, 0.3) is 0 Å². The summed E-state index contributed by atoms with van der Waals surface area (Å²) < 4.78 is 2.31. The highest BCUT2D eigenvalue weighted by Gasteiger charge is 2.15. The Bertz CT molecular complexity index is 1910. The van der Waals surface area contributed by atoms with Crippen molar-refractivity contribution in [2.24, 2.45) is 0 Å². The van der Waals surface area contributed by atoms with E-state index in [9.17, 15) is 0 Å². The van der Waals surface area contributed by atoms with E-state index in [0.29, 0.717) is 11.6 Å². The van der Waals surface area contributed by atoms with Crippen LogP contribution in [0.2, 0.25) is 5.28 Å². The van der Waals surface area contributed by atoms with E-state index < -0.39 is 0 Å². The van der Waals surface area contributed by atoms with Crippen molar-refractivity contribution in [3.63, 3.8) is 0 Å². The normalized spacial score (nSPS) is 11.5. The minimum absolute atomic E-state index is 0.174.